The summed E-state index contributed by atoms with van der Waals surface area (Å²) >= 11 is 6.32. The van der Waals surface area contributed by atoms with Gasteiger partial charge in [0.2, 0.25) is 0 Å². The van der Waals surface area contributed by atoms with Crippen molar-refractivity contribution in [3.8, 4) is 0 Å². The summed E-state index contributed by atoms with van der Waals surface area (Å²) in [6.45, 7) is 0.852. The van der Waals surface area contributed by atoms with Gasteiger partial charge in [-0.3, -0.25) is 5.73 Å². The van der Waals surface area contributed by atoms with E-state index in [9.17, 15) is 5.11 Å². The predicted octanol–water partition coefficient (Wildman–Crippen LogP) is 3.54. The van der Waals surface area contributed by atoms with Crippen molar-refractivity contribution in [2.75, 3.05) is 5.73 Å². The van der Waals surface area contributed by atoms with Gasteiger partial charge in [0.15, 0.2) is 0 Å². The average Bonchev–Trinajstić information content (AvgIpc) is 3.27. The standard InChI is InChI=1S/C20H18ClN3O2/c21-15-7-2-1-6-14(15)12-23-16-8-3-4-9-17(16)24(20(23)22)13-18(25)19-10-5-11-26-19/h1-11,18,22,25H,12-13H2/p+1/t18-/m1/s1. The Labute approximate surface area is 155 Å². The number of rotatable bonds is 5. The Balaban J connectivity index is 1.77. The Morgan fingerprint density at radius 3 is 2.62 bits per heavy atom. The number of nitrogens with two attached hydrogens (primary N) is 1. The highest BCUT2D eigenvalue weighted by atomic mass is 35.5. The SMILES string of the molecule is Nc1n(C[C@@H](O)c2ccco2)c2ccccc2[n+]1Cc1ccccc1Cl. The molecule has 3 N–H and O–H groups in total. The van der Waals surface area contributed by atoms with E-state index in [0.29, 0.717) is 29.8 Å². The fourth-order valence-electron chi connectivity index (χ4n) is 3.21. The lowest BCUT2D eigenvalue weighted by Gasteiger charge is -2.08. The van der Waals surface area contributed by atoms with Gasteiger partial charge in [-0.2, -0.15) is 0 Å². The van der Waals surface area contributed by atoms with Gasteiger partial charge in [0, 0.05) is 10.6 Å². The van der Waals surface area contributed by atoms with Crippen LogP contribution in [-0.4, -0.2) is 9.67 Å². The highest BCUT2D eigenvalue weighted by molar-refractivity contribution is 6.31. The van der Waals surface area contributed by atoms with Crippen LogP contribution >= 0.6 is 11.6 Å². The molecule has 5 nitrogen and oxygen atoms in total. The van der Waals surface area contributed by atoms with Crippen LogP contribution in [0.1, 0.15) is 17.4 Å². The first-order chi connectivity index (χ1) is 12.6. The van der Waals surface area contributed by atoms with Crippen LogP contribution in [0.5, 0.6) is 0 Å². The lowest BCUT2D eigenvalue weighted by atomic mass is 10.2. The maximum absolute atomic E-state index is 10.5. The minimum atomic E-state index is -0.781. The first-order valence-corrected chi connectivity index (χ1v) is 8.74. The first-order valence-electron chi connectivity index (χ1n) is 8.36. The van der Waals surface area contributed by atoms with Crippen molar-refractivity contribution < 1.29 is 14.1 Å². The van der Waals surface area contributed by atoms with Crippen LogP contribution in [0.2, 0.25) is 5.02 Å². The van der Waals surface area contributed by atoms with Crippen LogP contribution in [0.3, 0.4) is 0 Å². The van der Waals surface area contributed by atoms with Crippen molar-refractivity contribution in [1.29, 1.82) is 0 Å². The van der Waals surface area contributed by atoms with E-state index in [1.54, 1.807) is 18.4 Å². The molecule has 1 atom stereocenters. The number of hydrogen-bond acceptors (Lipinski definition) is 3. The molecule has 0 saturated carbocycles. The molecule has 0 radical (unpaired) electrons. The smallest absolute Gasteiger partial charge is 0.356 e. The van der Waals surface area contributed by atoms with Gasteiger partial charge < -0.3 is 9.52 Å². The van der Waals surface area contributed by atoms with Gasteiger partial charge in [-0.15, -0.1) is 0 Å². The second-order valence-corrected chi connectivity index (χ2v) is 6.57. The van der Waals surface area contributed by atoms with Gasteiger partial charge in [0.05, 0.1) is 12.8 Å². The number of para-hydroxylation sites is 2. The number of benzene rings is 2. The summed E-state index contributed by atoms with van der Waals surface area (Å²) in [5.41, 5.74) is 9.37. The number of hydrogen-bond donors (Lipinski definition) is 2. The van der Waals surface area contributed by atoms with Crippen LogP contribution < -0.4 is 10.3 Å². The quantitative estimate of drug-likeness (QED) is 0.529. The molecule has 2 aromatic heterocycles. The molecule has 6 heteroatoms. The Morgan fingerprint density at radius 1 is 1.08 bits per heavy atom. The number of anilines is 1. The third kappa shape index (κ3) is 2.96. The number of furan rings is 1. The summed E-state index contributed by atoms with van der Waals surface area (Å²) in [6.07, 6.45) is 0.768. The molecule has 0 aliphatic rings. The van der Waals surface area contributed by atoms with E-state index in [2.05, 4.69) is 0 Å². The van der Waals surface area contributed by atoms with Crippen molar-refractivity contribution in [2.24, 2.45) is 0 Å². The molecule has 0 fully saturated rings. The summed E-state index contributed by atoms with van der Waals surface area (Å²) in [7, 11) is 0. The number of aliphatic hydroxyl groups excluding tert-OH is 1. The van der Waals surface area contributed by atoms with Gasteiger partial charge in [0.1, 0.15) is 29.4 Å². The van der Waals surface area contributed by atoms with Gasteiger partial charge in [0.25, 0.3) is 0 Å². The molecule has 0 amide bonds. The molecule has 0 aliphatic carbocycles. The molecule has 2 aromatic carbocycles. The normalized spacial score (nSPS) is 12.5. The Bertz CT molecular complexity index is 1040. The molecular weight excluding hydrogens is 350 g/mol. The molecule has 4 aromatic rings. The topological polar surface area (TPSA) is 68.2 Å². The van der Waals surface area contributed by atoms with Gasteiger partial charge >= 0.3 is 5.95 Å². The third-order valence-electron chi connectivity index (χ3n) is 4.53. The largest absolute Gasteiger partial charge is 0.466 e. The minimum absolute atomic E-state index is 0.301. The number of nitrogens with zero attached hydrogens (tertiary/aromatic N) is 2. The van der Waals surface area contributed by atoms with E-state index < -0.39 is 6.10 Å². The summed E-state index contributed by atoms with van der Waals surface area (Å²) < 4.78 is 9.22. The average molecular weight is 369 g/mol. The van der Waals surface area contributed by atoms with Crippen molar-refractivity contribution in [3.63, 3.8) is 0 Å². The lowest BCUT2D eigenvalue weighted by molar-refractivity contribution is -0.648. The highest BCUT2D eigenvalue weighted by Crippen LogP contribution is 2.23. The number of nitrogen functional groups attached to an aromatic ring is 1. The molecule has 0 saturated heterocycles. The molecule has 0 spiro atoms. The molecular formula is C20H19ClN3O2+. The summed E-state index contributed by atoms with van der Waals surface area (Å²) in [4.78, 5) is 0. The first kappa shape index (κ1) is 16.7. The number of aliphatic hydroxyl groups is 1. The van der Waals surface area contributed by atoms with Crippen LogP contribution in [0.25, 0.3) is 11.0 Å². The fraction of sp³-hybridized carbons (Fsp3) is 0.150. The summed E-state index contributed by atoms with van der Waals surface area (Å²) in [6, 6.07) is 19.2. The molecule has 4 rings (SSSR count). The summed E-state index contributed by atoms with van der Waals surface area (Å²) in [5.74, 6) is 1.07. The Morgan fingerprint density at radius 2 is 1.85 bits per heavy atom. The number of imidazole rings is 1. The van der Waals surface area contributed by atoms with E-state index in [0.717, 1.165) is 16.6 Å². The van der Waals surface area contributed by atoms with Crippen molar-refractivity contribution >= 4 is 28.6 Å². The van der Waals surface area contributed by atoms with Gasteiger partial charge in [-0.1, -0.05) is 41.9 Å². The van der Waals surface area contributed by atoms with Crippen LogP contribution in [-0.2, 0) is 13.1 Å². The monoisotopic (exact) mass is 368 g/mol. The predicted molar refractivity (Wildman–Crippen MR) is 101 cm³/mol. The van der Waals surface area contributed by atoms with Crippen LogP contribution in [0, 0.1) is 0 Å². The van der Waals surface area contributed by atoms with Crippen molar-refractivity contribution in [3.05, 3.63) is 83.3 Å². The van der Waals surface area contributed by atoms with E-state index in [1.165, 1.54) is 0 Å². The maximum atomic E-state index is 10.5. The zero-order chi connectivity index (χ0) is 18.1. The van der Waals surface area contributed by atoms with Crippen molar-refractivity contribution in [1.82, 2.24) is 4.57 Å². The lowest BCUT2D eigenvalue weighted by Crippen LogP contribution is -2.37. The molecule has 2 heterocycles. The zero-order valence-corrected chi connectivity index (χ0v) is 14.8. The molecule has 0 unspecified atom stereocenters. The van der Waals surface area contributed by atoms with E-state index in [1.807, 2.05) is 57.7 Å². The number of halogens is 1. The third-order valence-corrected chi connectivity index (χ3v) is 4.90. The Kier molecular flexibility index (Phi) is 4.41. The molecule has 26 heavy (non-hydrogen) atoms. The second kappa shape index (κ2) is 6.86. The zero-order valence-electron chi connectivity index (χ0n) is 14.0. The van der Waals surface area contributed by atoms with Crippen LogP contribution in [0.4, 0.5) is 5.95 Å². The van der Waals surface area contributed by atoms with E-state index >= 15 is 0 Å². The van der Waals surface area contributed by atoms with E-state index in [4.69, 9.17) is 21.8 Å². The molecule has 132 valence electrons. The van der Waals surface area contributed by atoms with E-state index in [-0.39, 0.29) is 0 Å². The van der Waals surface area contributed by atoms with Gasteiger partial charge in [-0.05, 0) is 30.3 Å². The number of aromatic nitrogens is 2. The molecule has 0 aliphatic heterocycles. The summed E-state index contributed by atoms with van der Waals surface area (Å²) in [5, 5.41) is 11.2. The van der Waals surface area contributed by atoms with Crippen molar-refractivity contribution in [2.45, 2.75) is 19.2 Å². The Hall–Kier alpha value is -2.76. The fourth-order valence-corrected chi connectivity index (χ4v) is 3.41. The van der Waals surface area contributed by atoms with Gasteiger partial charge in [-0.25, -0.2) is 9.13 Å². The number of fused-ring (bicyclic) bond motifs is 1. The highest BCUT2D eigenvalue weighted by Gasteiger charge is 2.24. The maximum Gasteiger partial charge on any atom is 0.356 e. The van der Waals surface area contributed by atoms with Crippen LogP contribution in [0.15, 0.2) is 71.3 Å². The second-order valence-electron chi connectivity index (χ2n) is 6.17. The minimum Gasteiger partial charge on any atom is -0.466 e. The molecule has 0 bridgehead atoms.